The minimum Gasteiger partial charge on any atom is -0.454 e. The van der Waals surface area contributed by atoms with E-state index in [1.807, 2.05) is 30.4 Å². The van der Waals surface area contributed by atoms with Crippen LogP contribution in [-0.2, 0) is 16.1 Å². The molecule has 106 valence electrons. The van der Waals surface area contributed by atoms with Crippen LogP contribution in [0.3, 0.4) is 0 Å². The first-order valence-corrected chi connectivity index (χ1v) is 6.75. The van der Waals surface area contributed by atoms with Gasteiger partial charge in [-0.3, -0.25) is 14.5 Å². The molecule has 1 aromatic rings. The molecule has 2 amide bonds. The fourth-order valence-electron chi connectivity index (χ4n) is 2.57. The van der Waals surface area contributed by atoms with E-state index in [4.69, 9.17) is 9.47 Å². The molecule has 2 N–H and O–H groups in total. The second kappa shape index (κ2) is 5.13. The van der Waals surface area contributed by atoms with Gasteiger partial charge in [0.05, 0.1) is 6.42 Å². The monoisotopic (exact) mass is 277 g/mol. The topological polar surface area (TPSA) is 72.5 Å². The molecular weight excluding hydrogens is 260 g/mol. The minimum absolute atomic E-state index is 0.0792. The van der Waals surface area contributed by atoms with Crippen LogP contribution in [0.1, 0.15) is 18.9 Å². The molecule has 0 saturated carbocycles. The second-order valence-electron chi connectivity index (χ2n) is 4.91. The number of imide groups is 1. The number of amides is 2. The summed E-state index contributed by atoms with van der Waals surface area (Å²) in [6.45, 7) is 3.16. The molecule has 2 aliphatic heterocycles. The zero-order valence-electron chi connectivity index (χ0n) is 11.3. The van der Waals surface area contributed by atoms with Gasteiger partial charge in [-0.2, -0.15) is 0 Å². The second-order valence-corrected chi connectivity index (χ2v) is 4.91. The van der Waals surface area contributed by atoms with Crippen molar-refractivity contribution in [2.24, 2.45) is 0 Å². The summed E-state index contributed by atoms with van der Waals surface area (Å²) in [5.74, 6) is 1.32. The van der Waals surface area contributed by atoms with E-state index in [0.717, 1.165) is 17.1 Å². The van der Waals surface area contributed by atoms with Crippen molar-refractivity contribution in [2.75, 3.05) is 13.3 Å². The first kappa shape index (κ1) is 12.9. The number of benzene rings is 1. The predicted molar refractivity (Wildman–Crippen MR) is 69.0 cm³/mol. The van der Waals surface area contributed by atoms with Gasteiger partial charge in [0.25, 0.3) is 5.91 Å². The summed E-state index contributed by atoms with van der Waals surface area (Å²) in [5, 5.41) is 1.91. The maximum absolute atomic E-state index is 12.0. The SMILES string of the molecule is CCN1C(=O)C[C@H]([NH2+]Cc2ccc3c(c2)OCO3)C1=O. The summed E-state index contributed by atoms with van der Waals surface area (Å²) in [5.41, 5.74) is 1.05. The summed E-state index contributed by atoms with van der Waals surface area (Å²) in [7, 11) is 0. The molecule has 1 fully saturated rings. The molecule has 2 heterocycles. The van der Waals surface area contributed by atoms with Crippen LogP contribution in [0.2, 0.25) is 0 Å². The van der Waals surface area contributed by atoms with Crippen LogP contribution in [0.5, 0.6) is 11.5 Å². The highest BCUT2D eigenvalue weighted by molar-refractivity contribution is 6.04. The largest absolute Gasteiger partial charge is 0.454 e. The number of ether oxygens (including phenoxy) is 2. The number of likely N-dealkylation sites (tertiary alicyclic amines) is 1. The molecule has 0 spiro atoms. The third-order valence-electron chi connectivity index (χ3n) is 3.67. The van der Waals surface area contributed by atoms with E-state index < -0.39 is 0 Å². The summed E-state index contributed by atoms with van der Waals surface area (Å²) in [6.07, 6.45) is 0.289. The Morgan fingerprint density at radius 1 is 1.30 bits per heavy atom. The average Bonchev–Trinajstić information content (AvgIpc) is 3.00. The number of nitrogens with zero attached hydrogens (tertiary/aromatic N) is 1. The quantitative estimate of drug-likeness (QED) is 0.762. The summed E-state index contributed by atoms with van der Waals surface area (Å²) in [4.78, 5) is 24.9. The molecule has 2 aliphatic rings. The Hall–Kier alpha value is -2.08. The van der Waals surface area contributed by atoms with Crippen LogP contribution in [0, 0.1) is 0 Å². The van der Waals surface area contributed by atoms with Crippen LogP contribution in [0.25, 0.3) is 0 Å². The molecule has 0 unspecified atom stereocenters. The first-order valence-electron chi connectivity index (χ1n) is 6.75. The van der Waals surface area contributed by atoms with Crippen molar-refractivity contribution in [3.05, 3.63) is 23.8 Å². The lowest BCUT2D eigenvalue weighted by Gasteiger charge is -2.11. The van der Waals surface area contributed by atoms with Crippen molar-refractivity contribution < 1.29 is 24.4 Å². The van der Waals surface area contributed by atoms with E-state index in [0.29, 0.717) is 13.1 Å². The molecule has 3 rings (SSSR count). The average molecular weight is 277 g/mol. The fourth-order valence-corrected chi connectivity index (χ4v) is 2.57. The number of likely N-dealkylation sites (N-methyl/N-ethyl adjacent to an activating group) is 1. The third kappa shape index (κ3) is 2.22. The Morgan fingerprint density at radius 3 is 2.85 bits per heavy atom. The van der Waals surface area contributed by atoms with Crippen LogP contribution in [-0.4, -0.2) is 36.1 Å². The van der Waals surface area contributed by atoms with Crippen molar-refractivity contribution >= 4 is 11.8 Å². The van der Waals surface area contributed by atoms with Gasteiger partial charge in [-0.05, 0) is 25.1 Å². The van der Waals surface area contributed by atoms with Crippen LogP contribution >= 0.6 is 0 Å². The fraction of sp³-hybridized carbons (Fsp3) is 0.429. The van der Waals surface area contributed by atoms with Gasteiger partial charge >= 0.3 is 0 Å². The Bertz CT molecular complexity index is 558. The van der Waals surface area contributed by atoms with E-state index >= 15 is 0 Å². The van der Waals surface area contributed by atoms with E-state index in [-0.39, 0.29) is 31.1 Å². The van der Waals surface area contributed by atoms with E-state index in [1.54, 1.807) is 0 Å². The number of nitrogens with two attached hydrogens (primary N) is 1. The molecule has 1 atom stereocenters. The smallest absolute Gasteiger partial charge is 0.287 e. The number of carbonyl (C=O) groups excluding carboxylic acids is 2. The summed E-state index contributed by atoms with van der Waals surface area (Å²) in [6, 6.07) is 5.43. The van der Waals surface area contributed by atoms with Gasteiger partial charge in [0.2, 0.25) is 12.7 Å². The van der Waals surface area contributed by atoms with Gasteiger partial charge in [-0.15, -0.1) is 0 Å². The maximum Gasteiger partial charge on any atom is 0.287 e. The number of hydrogen-bond acceptors (Lipinski definition) is 4. The third-order valence-corrected chi connectivity index (χ3v) is 3.67. The molecule has 0 aromatic heterocycles. The lowest BCUT2D eigenvalue weighted by atomic mass is 10.1. The Kier molecular flexibility index (Phi) is 3.31. The molecule has 20 heavy (non-hydrogen) atoms. The van der Waals surface area contributed by atoms with Crippen LogP contribution in [0.15, 0.2) is 18.2 Å². The lowest BCUT2D eigenvalue weighted by molar-refractivity contribution is -0.690. The Morgan fingerprint density at radius 2 is 2.10 bits per heavy atom. The lowest BCUT2D eigenvalue weighted by Crippen LogP contribution is -2.90. The normalized spacial score (nSPS) is 20.9. The zero-order valence-corrected chi connectivity index (χ0v) is 11.3. The highest BCUT2D eigenvalue weighted by atomic mass is 16.7. The standard InChI is InChI=1S/C14H16N2O4/c1-2-16-13(17)6-10(14(16)18)15-7-9-3-4-11-12(5-9)20-8-19-11/h3-5,10,15H,2,6-8H2,1H3/p+1/t10-/m0/s1. The zero-order chi connectivity index (χ0) is 14.1. The van der Waals surface area contributed by atoms with Crippen molar-refractivity contribution in [1.82, 2.24) is 4.90 Å². The number of quaternary nitrogens is 1. The number of hydrogen-bond donors (Lipinski definition) is 1. The van der Waals surface area contributed by atoms with Gasteiger partial charge in [-0.25, -0.2) is 0 Å². The van der Waals surface area contributed by atoms with Gasteiger partial charge in [0, 0.05) is 12.1 Å². The van der Waals surface area contributed by atoms with Gasteiger partial charge in [-0.1, -0.05) is 0 Å². The highest BCUT2D eigenvalue weighted by Gasteiger charge is 2.40. The van der Waals surface area contributed by atoms with Crippen molar-refractivity contribution in [3.8, 4) is 11.5 Å². The molecular formula is C14H17N2O4+. The first-order chi connectivity index (χ1) is 9.69. The Labute approximate surface area is 116 Å². The van der Waals surface area contributed by atoms with Gasteiger partial charge in [0.1, 0.15) is 6.54 Å². The van der Waals surface area contributed by atoms with E-state index in [1.165, 1.54) is 4.90 Å². The van der Waals surface area contributed by atoms with Crippen LogP contribution < -0.4 is 14.8 Å². The van der Waals surface area contributed by atoms with Gasteiger partial charge < -0.3 is 14.8 Å². The summed E-state index contributed by atoms with van der Waals surface area (Å²) < 4.78 is 10.6. The van der Waals surface area contributed by atoms with E-state index in [9.17, 15) is 9.59 Å². The van der Waals surface area contributed by atoms with Crippen LogP contribution in [0.4, 0.5) is 0 Å². The molecule has 6 heteroatoms. The van der Waals surface area contributed by atoms with Crippen molar-refractivity contribution in [3.63, 3.8) is 0 Å². The van der Waals surface area contributed by atoms with E-state index in [2.05, 4.69) is 0 Å². The Balaban J connectivity index is 1.63. The molecule has 0 bridgehead atoms. The molecule has 0 radical (unpaired) electrons. The molecule has 0 aliphatic carbocycles. The molecule has 6 nitrogen and oxygen atoms in total. The van der Waals surface area contributed by atoms with Crippen molar-refractivity contribution in [1.29, 1.82) is 0 Å². The highest BCUT2D eigenvalue weighted by Crippen LogP contribution is 2.32. The number of fused-ring (bicyclic) bond motifs is 1. The molecule has 1 aromatic carbocycles. The molecule has 1 saturated heterocycles. The van der Waals surface area contributed by atoms with Gasteiger partial charge in [0.15, 0.2) is 17.5 Å². The maximum atomic E-state index is 12.0. The predicted octanol–water partition coefficient (Wildman–Crippen LogP) is -0.374. The number of carbonyl (C=O) groups is 2. The van der Waals surface area contributed by atoms with Crippen molar-refractivity contribution in [2.45, 2.75) is 25.9 Å². The number of rotatable bonds is 4. The summed E-state index contributed by atoms with van der Waals surface area (Å²) >= 11 is 0. The minimum atomic E-state index is -0.298.